The lowest BCUT2D eigenvalue weighted by atomic mass is 10.0. The van der Waals surface area contributed by atoms with Crippen LogP contribution in [-0.4, -0.2) is 87.3 Å². The van der Waals surface area contributed by atoms with E-state index in [1.807, 2.05) is 38.1 Å². The van der Waals surface area contributed by atoms with Crippen LogP contribution in [0.25, 0.3) is 21.6 Å². The Morgan fingerprint density at radius 3 is 2.56 bits per heavy atom. The number of alkyl carbamates (subject to hydrolysis) is 1. The van der Waals surface area contributed by atoms with Crippen molar-refractivity contribution in [3.05, 3.63) is 47.5 Å². The highest BCUT2D eigenvalue weighted by atomic mass is 32.1. The molecule has 52 heavy (non-hydrogen) atoms. The average molecular weight is 732 g/mol. The molecule has 0 radical (unpaired) electrons. The molecule has 7 rings (SSSR count). The molecule has 0 unspecified atom stereocenters. The maximum atomic E-state index is 14.4. The Balaban J connectivity index is 1.19. The number of benzene rings is 1. The molecule has 3 aromatic rings. The van der Waals surface area contributed by atoms with Gasteiger partial charge in [-0.05, 0) is 69.4 Å². The van der Waals surface area contributed by atoms with E-state index in [0.717, 1.165) is 55.6 Å². The number of carbonyl (C=O) groups is 4. The van der Waals surface area contributed by atoms with Gasteiger partial charge in [0.05, 0.1) is 24.9 Å². The molecule has 3 N–H and O–H groups in total. The van der Waals surface area contributed by atoms with Crippen LogP contribution in [0.3, 0.4) is 0 Å². The number of aromatic nitrogens is 2. The van der Waals surface area contributed by atoms with Gasteiger partial charge in [0.25, 0.3) is 0 Å². The number of aryl methyl sites for hydroxylation is 2. The van der Waals surface area contributed by atoms with E-state index in [-0.39, 0.29) is 31.4 Å². The Labute approximate surface area is 306 Å². The Hall–Kier alpha value is -4.72. The van der Waals surface area contributed by atoms with Gasteiger partial charge in [0.2, 0.25) is 11.8 Å². The first kappa shape index (κ1) is 35.7. The van der Waals surface area contributed by atoms with E-state index in [4.69, 9.17) is 24.2 Å². The van der Waals surface area contributed by atoms with Gasteiger partial charge in [-0.15, -0.1) is 17.9 Å². The Morgan fingerprint density at radius 1 is 1.10 bits per heavy atom. The Bertz CT molecular complexity index is 1890. The number of methoxy groups -OCH3 is 1. The summed E-state index contributed by atoms with van der Waals surface area (Å²) >= 11 is 1.62. The standard InChI is InChI=1S/C38H45N5O8S/c1-5-21-18-38(21,36(46)47)42-33(44)29-16-24(19-43(29)35(45)32(20(2)3)41-37(48)51-22-9-6-7-10-22)50-30-17-28(34-40-26-11-8-12-31(26)52-34)39-27-15-23(49-4)13-14-25(27)30/h5,13-15,17,20-22,24,29,32H,1,6-12,16,18-19H2,2-4H3,(H,41,48)(H,42,44)(H,46,47)/t21-,24-,29+,32+,38-/m1/s1. The lowest BCUT2D eigenvalue weighted by molar-refractivity contribution is -0.145. The average Bonchev–Trinajstić information content (AvgIpc) is 3.67. The molecule has 3 aliphatic carbocycles. The van der Waals surface area contributed by atoms with Crippen LogP contribution in [0.2, 0.25) is 0 Å². The number of hydrogen-bond acceptors (Lipinski definition) is 10. The summed E-state index contributed by atoms with van der Waals surface area (Å²) in [4.78, 5) is 66.1. The van der Waals surface area contributed by atoms with Crippen molar-refractivity contribution in [1.29, 1.82) is 0 Å². The van der Waals surface area contributed by atoms with Crippen LogP contribution < -0.4 is 20.1 Å². The van der Waals surface area contributed by atoms with E-state index in [0.29, 0.717) is 28.1 Å². The molecule has 13 nitrogen and oxygen atoms in total. The SMILES string of the molecule is C=C[C@@H]1C[C@]1(NC(=O)[C@@H]1C[C@@H](Oc2cc(-c3nc4c(s3)CCC4)nc3cc(OC)ccc23)CN1C(=O)[C@@H](NC(=O)OC1CCCC1)C(C)C)C(=O)O. The molecular formula is C38H45N5O8S. The number of ether oxygens (including phenoxy) is 3. The third-order valence-corrected chi connectivity index (χ3v) is 11.9. The molecule has 0 bridgehead atoms. The first-order valence-corrected chi connectivity index (χ1v) is 18.9. The number of carboxylic acid groups (broad SMARTS) is 1. The fraction of sp³-hybridized carbons (Fsp3) is 0.526. The molecule has 0 spiro atoms. The summed E-state index contributed by atoms with van der Waals surface area (Å²) < 4.78 is 17.8. The second kappa shape index (κ2) is 14.4. The second-order valence-electron chi connectivity index (χ2n) is 14.6. The zero-order chi connectivity index (χ0) is 36.7. The minimum atomic E-state index is -1.49. The number of rotatable bonds is 12. The fourth-order valence-electron chi connectivity index (χ4n) is 7.69. The number of carboxylic acids is 1. The zero-order valence-electron chi connectivity index (χ0n) is 29.7. The topological polar surface area (TPSA) is 169 Å². The number of amides is 3. The van der Waals surface area contributed by atoms with Crippen molar-refractivity contribution in [2.24, 2.45) is 11.8 Å². The summed E-state index contributed by atoms with van der Waals surface area (Å²) in [5, 5.41) is 17.0. The number of nitrogens with zero attached hydrogens (tertiary/aromatic N) is 3. The molecular weight excluding hydrogens is 687 g/mol. The molecule has 14 heteroatoms. The van der Waals surface area contributed by atoms with Crippen LogP contribution in [0.1, 0.15) is 69.4 Å². The molecule has 276 valence electrons. The third kappa shape index (κ3) is 6.92. The van der Waals surface area contributed by atoms with Crippen LogP contribution in [-0.2, 0) is 32.0 Å². The largest absolute Gasteiger partial charge is 0.497 e. The molecule has 3 amide bonds. The van der Waals surface area contributed by atoms with Crippen LogP contribution in [0.5, 0.6) is 11.5 Å². The molecule has 4 aliphatic rings. The van der Waals surface area contributed by atoms with Crippen LogP contribution >= 0.6 is 11.3 Å². The van der Waals surface area contributed by atoms with E-state index in [1.54, 1.807) is 18.4 Å². The first-order chi connectivity index (χ1) is 25.0. The fourth-order valence-corrected chi connectivity index (χ4v) is 8.80. The smallest absolute Gasteiger partial charge is 0.408 e. The van der Waals surface area contributed by atoms with Gasteiger partial charge >= 0.3 is 12.1 Å². The lowest BCUT2D eigenvalue weighted by Crippen LogP contribution is -2.57. The molecule has 5 atom stereocenters. The summed E-state index contributed by atoms with van der Waals surface area (Å²) in [6, 6.07) is 5.29. The van der Waals surface area contributed by atoms with Gasteiger partial charge < -0.3 is 34.9 Å². The van der Waals surface area contributed by atoms with Crippen LogP contribution in [0.4, 0.5) is 4.79 Å². The van der Waals surface area contributed by atoms with Gasteiger partial charge in [-0.2, -0.15) is 0 Å². The summed E-state index contributed by atoms with van der Waals surface area (Å²) in [6.07, 6.45) is 6.82. The number of pyridine rings is 1. The number of likely N-dealkylation sites (tertiary alicyclic amines) is 1. The minimum absolute atomic E-state index is 0.0192. The first-order valence-electron chi connectivity index (χ1n) is 18.1. The van der Waals surface area contributed by atoms with Crippen LogP contribution in [0, 0.1) is 11.8 Å². The maximum Gasteiger partial charge on any atom is 0.408 e. The van der Waals surface area contributed by atoms with Crippen LogP contribution in [0.15, 0.2) is 36.9 Å². The molecule has 2 saturated carbocycles. The number of thiazole rings is 1. The molecule has 1 aromatic carbocycles. The second-order valence-corrected chi connectivity index (χ2v) is 15.7. The number of aliphatic carboxylic acids is 1. The molecule has 1 saturated heterocycles. The van der Waals surface area contributed by atoms with E-state index in [2.05, 4.69) is 17.2 Å². The van der Waals surface area contributed by atoms with E-state index in [9.17, 15) is 24.3 Å². The normalized spacial score (nSPS) is 24.4. The molecule has 2 aromatic heterocycles. The van der Waals surface area contributed by atoms with Crippen molar-refractivity contribution in [2.45, 2.75) is 101 Å². The Kier molecular flexibility index (Phi) is 9.85. The zero-order valence-corrected chi connectivity index (χ0v) is 30.5. The predicted molar refractivity (Wildman–Crippen MR) is 193 cm³/mol. The predicted octanol–water partition coefficient (Wildman–Crippen LogP) is 5.04. The van der Waals surface area contributed by atoms with Crippen molar-refractivity contribution >= 4 is 46.1 Å². The van der Waals surface area contributed by atoms with Crippen molar-refractivity contribution in [1.82, 2.24) is 25.5 Å². The van der Waals surface area contributed by atoms with Crippen molar-refractivity contribution < 1.29 is 38.5 Å². The van der Waals surface area contributed by atoms with Gasteiger partial charge in [0.1, 0.15) is 52.0 Å². The van der Waals surface area contributed by atoms with Crippen molar-refractivity contribution in [3.63, 3.8) is 0 Å². The third-order valence-electron chi connectivity index (χ3n) is 10.7. The number of hydrogen-bond donors (Lipinski definition) is 3. The highest BCUT2D eigenvalue weighted by Gasteiger charge is 2.61. The van der Waals surface area contributed by atoms with E-state index >= 15 is 0 Å². The minimum Gasteiger partial charge on any atom is -0.497 e. The van der Waals surface area contributed by atoms with Crippen molar-refractivity contribution in [2.75, 3.05) is 13.7 Å². The van der Waals surface area contributed by atoms with Gasteiger partial charge in [-0.25, -0.2) is 19.6 Å². The van der Waals surface area contributed by atoms with Gasteiger partial charge in [-0.1, -0.05) is 19.9 Å². The maximum absolute atomic E-state index is 14.4. The molecule has 3 fully saturated rings. The molecule has 1 aliphatic heterocycles. The quantitative estimate of drug-likeness (QED) is 0.215. The highest BCUT2D eigenvalue weighted by Crippen LogP contribution is 2.45. The summed E-state index contributed by atoms with van der Waals surface area (Å²) in [5.74, 6) is -1.89. The Morgan fingerprint density at radius 2 is 1.88 bits per heavy atom. The summed E-state index contributed by atoms with van der Waals surface area (Å²) in [7, 11) is 1.59. The monoisotopic (exact) mass is 731 g/mol. The lowest BCUT2D eigenvalue weighted by Gasteiger charge is -2.31. The van der Waals surface area contributed by atoms with E-state index in [1.165, 1.54) is 15.9 Å². The van der Waals surface area contributed by atoms with Gasteiger partial charge in [-0.3, -0.25) is 9.59 Å². The van der Waals surface area contributed by atoms with E-state index < -0.39 is 53.5 Å². The number of carbonyl (C=O) groups excluding carboxylic acids is 3. The number of nitrogens with one attached hydrogen (secondary N) is 2. The summed E-state index contributed by atoms with van der Waals surface area (Å²) in [5.41, 5.74) is 0.895. The molecule has 3 heterocycles. The van der Waals surface area contributed by atoms with Gasteiger partial charge in [0.15, 0.2) is 0 Å². The summed E-state index contributed by atoms with van der Waals surface area (Å²) in [6.45, 7) is 7.36. The van der Waals surface area contributed by atoms with Crippen molar-refractivity contribution in [3.8, 4) is 22.2 Å². The number of fused-ring (bicyclic) bond motifs is 2. The highest BCUT2D eigenvalue weighted by molar-refractivity contribution is 7.15. The van der Waals surface area contributed by atoms with Gasteiger partial charge in [0, 0.05) is 34.7 Å².